The number of hydrogen-bond donors (Lipinski definition) is 2. The van der Waals surface area contributed by atoms with Crippen LogP contribution in [0.2, 0.25) is 0 Å². The van der Waals surface area contributed by atoms with Crippen molar-refractivity contribution in [3.05, 3.63) is 30.4 Å². The maximum Gasteiger partial charge on any atom is 0.249 e. The highest BCUT2D eigenvalue weighted by Gasteiger charge is 2.33. The summed E-state index contributed by atoms with van der Waals surface area (Å²) in [5, 5.41) is 10.8. The molecular formula is C17H25N5O2. The second-order valence-corrected chi connectivity index (χ2v) is 6.77. The van der Waals surface area contributed by atoms with E-state index in [1.165, 1.54) is 7.11 Å². The van der Waals surface area contributed by atoms with Crippen molar-refractivity contribution in [1.82, 2.24) is 15.3 Å². The van der Waals surface area contributed by atoms with Crippen LogP contribution in [0.5, 0.6) is 0 Å². The number of allylic oxidation sites excluding steroid dienone is 1. The summed E-state index contributed by atoms with van der Waals surface area (Å²) >= 11 is 0. The summed E-state index contributed by atoms with van der Waals surface area (Å²) in [7, 11) is 1.48. The molecule has 1 aliphatic rings. The first-order valence-electron chi connectivity index (χ1n) is 8.02. The number of carbonyl (C=O) groups is 1. The lowest BCUT2D eigenvalue weighted by molar-refractivity contribution is -0.122. The maximum absolute atomic E-state index is 12.6. The van der Waals surface area contributed by atoms with Gasteiger partial charge in [-0.3, -0.25) is 10.1 Å². The van der Waals surface area contributed by atoms with Gasteiger partial charge in [-0.15, -0.1) is 0 Å². The Morgan fingerprint density at radius 1 is 1.42 bits per heavy atom. The van der Waals surface area contributed by atoms with Crippen LogP contribution in [-0.4, -0.2) is 41.3 Å². The first-order valence-corrected chi connectivity index (χ1v) is 8.02. The van der Waals surface area contributed by atoms with Gasteiger partial charge in [0.25, 0.3) is 0 Å². The minimum absolute atomic E-state index is 0.172. The van der Waals surface area contributed by atoms with E-state index in [1.807, 2.05) is 25.7 Å². The first kappa shape index (κ1) is 17.9. The molecule has 0 radical (unpaired) electrons. The van der Waals surface area contributed by atoms with Crippen molar-refractivity contribution in [2.75, 3.05) is 18.6 Å². The van der Waals surface area contributed by atoms with Crippen LogP contribution in [0.15, 0.2) is 30.4 Å². The molecule has 0 aromatic carbocycles. The Labute approximate surface area is 142 Å². The lowest BCUT2D eigenvalue weighted by atomic mass is 9.90. The molecular weight excluding hydrogens is 306 g/mol. The number of nitrogens with one attached hydrogen (secondary N) is 2. The highest BCUT2D eigenvalue weighted by atomic mass is 16.5. The van der Waals surface area contributed by atoms with Gasteiger partial charge in [-0.1, -0.05) is 20.8 Å². The second kappa shape index (κ2) is 7.42. The number of ether oxygens (including phenoxy) is 1. The van der Waals surface area contributed by atoms with Crippen LogP contribution >= 0.6 is 0 Å². The average Bonchev–Trinajstić information content (AvgIpc) is 3.03. The molecule has 1 amide bonds. The molecule has 1 saturated heterocycles. The van der Waals surface area contributed by atoms with Crippen molar-refractivity contribution in [2.45, 2.75) is 39.7 Å². The number of amides is 1. The van der Waals surface area contributed by atoms with E-state index in [4.69, 9.17) is 10.1 Å². The molecule has 2 N–H and O–H groups in total. The maximum atomic E-state index is 12.6. The Morgan fingerprint density at radius 2 is 2.08 bits per heavy atom. The van der Waals surface area contributed by atoms with Gasteiger partial charge in [-0.2, -0.15) is 0 Å². The molecule has 1 aliphatic heterocycles. The predicted molar refractivity (Wildman–Crippen MR) is 92.8 cm³/mol. The standard InChI is InChI=1S/C17H25N5O2/c1-17(2,3)13(18)11-14(24-4)21-15(23)12-7-5-10-22(12)16-19-8-6-9-20-16/h6,8-9,11-12,18H,5,7,10H2,1-4H3,(H,21,23)/b14-11-,18-13?/t12-/m0/s1. The monoisotopic (exact) mass is 331 g/mol. The number of carbonyl (C=O) groups excluding carboxylic acids is 1. The fraction of sp³-hybridized carbons (Fsp3) is 0.529. The normalized spacial score (nSPS) is 18.4. The van der Waals surface area contributed by atoms with Crippen LogP contribution in [-0.2, 0) is 9.53 Å². The number of methoxy groups -OCH3 is 1. The van der Waals surface area contributed by atoms with Crippen LogP contribution in [0, 0.1) is 10.8 Å². The number of rotatable bonds is 5. The van der Waals surface area contributed by atoms with E-state index < -0.39 is 0 Å². The predicted octanol–water partition coefficient (Wildman–Crippen LogP) is 2.12. The van der Waals surface area contributed by atoms with Crippen LogP contribution in [0.4, 0.5) is 5.95 Å². The van der Waals surface area contributed by atoms with Crippen molar-refractivity contribution < 1.29 is 9.53 Å². The number of hydrogen-bond acceptors (Lipinski definition) is 6. The second-order valence-electron chi connectivity index (χ2n) is 6.77. The van der Waals surface area contributed by atoms with Gasteiger partial charge in [0.2, 0.25) is 11.9 Å². The molecule has 1 aromatic rings. The summed E-state index contributed by atoms with van der Waals surface area (Å²) in [5.74, 6) is 0.663. The topological polar surface area (TPSA) is 91.2 Å². The van der Waals surface area contributed by atoms with Crippen molar-refractivity contribution in [3.63, 3.8) is 0 Å². The van der Waals surface area contributed by atoms with Gasteiger partial charge in [-0.05, 0) is 18.9 Å². The quantitative estimate of drug-likeness (QED) is 0.637. The molecule has 2 rings (SSSR count). The van der Waals surface area contributed by atoms with E-state index in [9.17, 15) is 4.79 Å². The Balaban J connectivity index is 2.10. The fourth-order valence-electron chi connectivity index (χ4n) is 2.42. The van der Waals surface area contributed by atoms with Gasteiger partial charge in [0, 0.05) is 36.1 Å². The molecule has 0 saturated carbocycles. The molecule has 1 aromatic heterocycles. The SMILES string of the molecule is CO/C(=C\C(=N)C(C)(C)C)NC(=O)[C@@H]1CCCN1c1ncccn1. The van der Waals surface area contributed by atoms with Crippen molar-refractivity contribution in [1.29, 1.82) is 5.41 Å². The molecule has 0 aliphatic carbocycles. The minimum atomic E-state index is -0.338. The third kappa shape index (κ3) is 4.31. The number of nitrogens with zero attached hydrogens (tertiary/aromatic N) is 3. The van der Waals surface area contributed by atoms with E-state index in [2.05, 4.69) is 15.3 Å². The molecule has 0 spiro atoms. The molecule has 130 valence electrons. The largest absolute Gasteiger partial charge is 0.482 e. The molecule has 1 fully saturated rings. The van der Waals surface area contributed by atoms with E-state index in [1.54, 1.807) is 24.5 Å². The third-order valence-electron chi connectivity index (χ3n) is 3.91. The van der Waals surface area contributed by atoms with Crippen molar-refractivity contribution in [3.8, 4) is 0 Å². The molecule has 0 bridgehead atoms. The highest BCUT2D eigenvalue weighted by Crippen LogP contribution is 2.22. The zero-order chi connectivity index (χ0) is 17.7. The fourth-order valence-corrected chi connectivity index (χ4v) is 2.42. The Bertz CT molecular complexity index is 622. The highest BCUT2D eigenvalue weighted by molar-refractivity contribution is 5.97. The molecule has 0 unspecified atom stereocenters. The van der Waals surface area contributed by atoms with E-state index in [0.717, 1.165) is 19.4 Å². The smallest absolute Gasteiger partial charge is 0.249 e. The van der Waals surface area contributed by atoms with E-state index in [0.29, 0.717) is 11.7 Å². The Hall–Kier alpha value is -2.44. The van der Waals surface area contributed by atoms with Gasteiger partial charge in [0.15, 0.2) is 5.88 Å². The van der Waals surface area contributed by atoms with Crippen LogP contribution < -0.4 is 10.2 Å². The van der Waals surface area contributed by atoms with Crippen molar-refractivity contribution in [2.24, 2.45) is 5.41 Å². The van der Waals surface area contributed by atoms with Crippen LogP contribution in [0.3, 0.4) is 0 Å². The van der Waals surface area contributed by atoms with Gasteiger partial charge in [0.1, 0.15) is 6.04 Å². The summed E-state index contributed by atoms with van der Waals surface area (Å²) in [5.41, 5.74) is 0.0699. The van der Waals surface area contributed by atoms with Gasteiger partial charge < -0.3 is 15.0 Å². The molecule has 2 heterocycles. The summed E-state index contributed by atoms with van der Waals surface area (Å²) in [4.78, 5) is 23.0. The molecule has 7 heteroatoms. The summed E-state index contributed by atoms with van der Waals surface area (Å²) in [6.07, 6.45) is 6.52. The first-order chi connectivity index (χ1) is 11.3. The van der Waals surface area contributed by atoms with Gasteiger partial charge in [-0.25, -0.2) is 9.97 Å². The number of aromatic nitrogens is 2. The minimum Gasteiger partial charge on any atom is -0.482 e. The Kier molecular flexibility index (Phi) is 5.54. The van der Waals surface area contributed by atoms with Gasteiger partial charge in [0.05, 0.1) is 7.11 Å². The third-order valence-corrected chi connectivity index (χ3v) is 3.91. The molecule has 24 heavy (non-hydrogen) atoms. The Morgan fingerprint density at radius 3 is 2.67 bits per heavy atom. The lowest BCUT2D eigenvalue weighted by Crippen LogP contribution is -2.44. The summed E-state index contributed by atoms with van der Waals surface area (Å²) < 4.78 is 5.23. The zero-order valence-electron chi connectivity index (χ0n) is 14.7. The lowest BCUT2D eigenvalue weighted by Gasteiger charge is -2.24. The van der Waals surface area contributed by atoms with Crippen LogP contribution in [0.25, 0.3) is 0 Å². The van der Waals surface area contributed by atoms with E-state index >= 15 is 0 Å². The van der Waals surface area contributed by atoms with Crippen molar-refractivity contribution >= 4 is 17.6 Å². The van der Waals surface area contributed by atoms with E-state index in [-0.39, 0.29) is 23.2 Å². The zero-order valence-corrected chi connectivity index (χ0v) is 14.7. The average molecular weight is 331 g/mol. The summed E-state index contributed by atoms with van der Waals surface area (Å²) in [6.45, 7) is 6.55. The van der Waals surface area contributed by atoms with Crippen LogP contribution in [0.1, 0.15) is 33.6 Å². The van der Waals surface area contributed by atoms with Gasteiger partial charge >= 0.3 is 0 Å². The molecule has 1 atom stereocenters. The number of anilines is 1. The molecule has 7 nitrogen and oxygen atoms in total. The summed E-state index contributed by atoms with van der Waals surface area (Å²) in [6, 6.07) is 1.41.